The van der Waals surface area contributed by atoms with Crippen molar-refractivity contribution in [2.75, 3.05) is 0 Å². The normalized spacial score (nSPS) is 12.5. The van der Waals surface area contributed by atoms with Crippen molar-refractivity contribution in [1.82, 2.24) is 15.4 Å². The highest BCUT2D eigenvalue weighted by Crippen LogP contribution is 2.53. The third kappa shape index (κ3) is 4.12. The number of fused-ring (bicyclic) bond motifs is 9. The van der Waals surface area contributed by atoms with Gasteiger partial charge in [0, 0.05) is 38.3 Å². The molecule has 0 unspecified atom stereocenters. The molecule has 3 heterocycles. The predicted molar refractivity (Wildman–Crippen MR) is 201 cm³/mol. The fourth-order valence-electron chi connectivity index (χ4n) is 8.29. The third-order valence-corrected chi connectivity index (χ3v) is 10.5. The molecule has 8 aromatic rings. The number of aromatic nitrogens is 3. The van der Waals surface area contributed by atoms with Gasteiger partial charge in [0.2, 0.25) is 0 Å². The second-order valence-corrected chi connectivity index (χ2v) is 13.2. The van der Waals surface area contributed by atoms with E-state index in [2.05, 4.69) is 145 Å². The molecule has 0 bridgehead atoms. The number of para-hydroxylation sites is 1. The van der Waals surface area contributed by atoms with E-state index in [-0.39, 0.29) is 0 Å². The summed E-state index contributed by atoms with van der Waals surface area (Å²) in [6.07, 6.45) is 0.832. The third-order valence-electron chi connectivity index (χ3n) is 10.5. The van der Waals surface area contributed by atoms with Crippen LogP contribution in [0.15, 0.2) is 162 Å². The number of rotatable bonds is 4. The summed E-state index contributed by atoms with van der Waals surface area (Å²) in [4.78, 5) is 10.5. The average Bonchev–Trinajstić information content (AvgIpc) is 3.89. The lowest BCUT2D eigenvalue weighted by molar-refractivity contribution is 0.878. The maximum atomic E-state index is 5.23. The SMILES string of the molecule is c1ccc(-c2ccc3c(c2-c2nnnc(-c4ccccc4)c2-c2cccc4c2Cc2ccccc2-4)-c2c4c(ccc2=N3)=c2ccccc2=N4)cc1. The van der Waals surface area contributed by atoms with Gasteiger partial charge in [0.05, 0.1) is 22.1 Å². The van der Waals surface area contributed by atoms with Crippen molar-refractivity contribution in [3.63, 3.8) is 0 Å². The highest BCUT2D eigenvalue weighted by Gasteiger charge is 2.32. The zero-order valence-electron chi connectivity index (χ0n) is 27.4. The summed E-state index contributed by atoms with van der Waals surface area (Å²) < 4.78 is 0. The molecule has 0 radical (unpaired) electrons. The number of benzene rings is 7. The van der Waals surface area contributed by atoms with Gasteiger partial charge in [0.25, 0.3) is 0 Å². The highest BCUT2D eigenvalue weighted by atomic mass is 15.3. The summed E-state index contributed by atoms with van der Waals surface area (Å²) in [5.74, 6) is 0. The number of hydrogen-bond donors (Lipinski definition) is 0. The molecule has 0 saturated heterocycles. The van der Waals surface area contributed by atoms with Crippen LogP contribution >= 0.6 is 0 Å². The molecular formula is C46H27N5. The maximum absolute atomic E-state index is 5.23. The van der Waals surface area contributed by atoms with Gasteiger partial charge in [-0.1, -0.05) is 127 Å². The van der Waals surface area contributed by atoms with Crippen molar-refractivity contribution < 1.29 is 0 Å². The Morgan fingerprint density at radius 1 is 0.392 bits per heavy atom. The van der Waals surface area contributed by atoms with Crippen molar-refractivity contribution >= 4 is 11.4 Å². The van der Waals surface area contributed by atoms with E-state index in [1.807, 2.05) is 12.1 Å². The van der Waals surface area contributed by atoms with Crippen LogP contribution in [0.25, 0.3) is 67.0 Å². The molecule has 0 atom stereocenters. The first kappa shape index (κ1) is 28.0. The van der Waals surface area contributed by atoms with E-state index in [1.165, 1.54) is 22.3 Å². The van der Waals surface area contributed by atoms with Crippen LogP contribution in [-0.2, 0) is 6.42 Å². The fraction of sp³-hybridized carbons (Fsp3) is 0.0217. The topological polar surface area (TPSA) is 63.4 Å². The van der Waals surface area contributed by atoms with Crippen LogP contribution in [0, 0.1) is 10.4 Å². The van der Waals surface area contributed by atoms with Crippen molar-refractivity contribution in [2.24, 2.45) is 9.98 Å². The van der Waals surface area contributed by atoms with Gasteiger partial charge in [-0.05, 0) is 74.8 Å². The number of hydrogen-bond acceptors (Lipinski definition) is 5. The minimum atomic E-state index is 0.778. The Morgan fingerprint density at radius 2 is 1.12 bits per heavy atom. The first-order valence-corrected chi connectivity index (χ1v) is 17.2. The van der Waals surface area contributed by atoms with Gasteiger partial charge >= 0.3 is 0 Å². The molecule has 236 valence electrons. The number of nitrogens with zero attached hydrogens (tertiary/aromatic N) is 5. The van der Waals surface area contributed by atoms with E-state index in [1.54, 1.807) is 0 Å². The molecule has 2 aliphatic heterocycles. The molecule has 5 nitrogen and oxygen atoms in total. The minimum Gasteiger partial charge on any atom is -0.248 e. The summed E-state index contributed by atoms with van der Waals surface area (Å²) in [7, 11) is 0. The molecule has 7 aromatic carbocycles. The Bertz CT molecular complexity index is 2990. The van der Waals surface area contributed by atoms with Crippen LogP contribution in [0.5, 0.6) is 0 Å². The van der Waals surface area contributed by atoms with Crippen LogP contribution in [0.4, 0.5) is 11.4 Å². The molecule has 0 fully saturated rings. The Hall–Kier alpha value is -6.85. The van der Waals surface area contributed by atoms with Gasteiger partial charge < -0.3 is 0 Å². The average molecular weight is 650 g/mol. The maximum Gasteiger partial charge on any atom is 0.106 e. The Kier molecular flexibility index (Phi) is 5.95. The van der Waals surface area contributed by atoms with Gasteiger partial charge in [-0.15, -0.1) is 10.2 Å². The summed E-state index contributed by atoms with van der Waals surface area (Å²) in [5, 5.41) is 18.5. The van der Waals surface area contributed by atoms with Gasteiger partial charge in [0.15, 0.2) is 0 Å². The predicted octanol–water partition coefficient (Wildman–Crippen LogP) is 9.59. The van der Waals surface area contributed by atoms with E-state index >= 15 is 0 Å². The molecule has 0 amide bonds. The lowest BCUT2D eigenvalue weighted by Gasteiger charge is -2.20. The van der Waals surface area contributed by atoms with E-state index < -0.39 is 0 Å². The molecule has 1 aromatic heterocycles. The molecule has 1 aliphatic carbocycles. The van der Waals surface area contributed by atoms with Crippen LogP contribution in [0.2, 0.25) is 0 Å². The summed E-state index contributed by atoms with van der Waals surface area (Å²) in [6.45, 7) is 0. The van der Waals surface area contributed by atoms with E-state index in [0.717, 1.165) is 94.8 Å². The van der Waals surface area contributed by atoms with Crippen molar-refractivity contribution in [2.45, 2.75) is 6.42 Å². The molecule has 5 heteroatoms. The van der Waals surface area contributed by atoms with Gasteiger partial charge in [-0.3, -0.25) is 0 Å². The smallest absolute Gasteiger partial charge is 0.106 e. The second-order valence-electron chi connectivity index (χ2n) is 13.2. The first-order chi connectivity index (χ1) is 25.3. The van der Waals surface area contributed by atoms with Crippen molar-refractivity contribution in [3.05, 3.63) is 184 Å². The summed E-state index contributed by atoms with van der Waals surface area (Å²) in [6, 6.07) is 53.2. The van der Waals surface area contributed by atoms with Crippen molar-refractivity contribution in [3.8, 4) is 67.0 Å². The minimum absolute atomic E-state index is 0.778. The molecule has 3 aliphatic rings. The Labute approximate surface area is 293 Å². The van der Waals surface area contributed by atoms with Crippen LogP contribution < -0.4 is 10.7 Å². The summed E-state index contributed by atoms with van der Waals surface area (Å²) in [5.41, 5.74) is 16.8. The van der Waals surface area contributed by atoms with Gasteiger partial charge in [-0.2, -0.15) is 0 Å². The van der Waals surface area contributed by atoms with Crippen LogP contribution in [0.1, 0.15) is 11.1 Å². The highest BCUT2D eigenvalue weighted by molar-refractivity contribution is 6.07. The zero-order chi connectivity index (χ0) is 33.5. The monoisotopic (exact) mass is 649 g/mol. The molecule has 0 N–H and O–H groups in total. The lowest BCUT2D eigenvalue weighted by Crippen LogP contribution is -2.05. The van der Waals surface area contributed by atoms with Crippen LogP contribution in [-0.4, -0.2) is 15.4 Å². The Morgan fingerprint density at radius 3 is 2.00 bits per heavy atom. The molecule has 0 saturated carbocycles. The largest absolute Gasteiger partial charge is 0.248 e. The van der Waals surface area contributed by atoms with Gasteiger partial charge in [0.1, 0.15) is 11.4 Å². The lowest BCUT2D eigenvalue weighted by atomic mass is 9.84. The molecule has 11 rings (SSSR count). The molecule has 0 spiro atoms. The van der Waals surface area contributed by atoms with E-state index in [0.29, 0.717) is 0 Å². The summed E-state index contributed by atoms with van der Waals surface area (Å²) >= 11 is 0. The standard InChI is InChI=1S/C46H27N5/c1-3-12-27(13-4-1)31-22-24-38-42(43-39(47-38)25-23-35-33-18-9-10-21-37(33)48-45(35)43)40(31)46-41(44(49-51-50-46)28-14-5-2-6-15-28)34-20-11-19-32-30-17-8-7-16-29(30)26-36(32)34/h1-25H,26H2. The quantitative estimate of drug-likeness (QED) is 0.191. The van der Waals surface area contributed by atoms with E-state index in [9.17, 15) is 0 Å². The second kappa shape index (κ2) is 10.8. The zero-order valence-corrected chi connectivity index (χ0v) is 27.4. The Balaban J connectivity index is 1.28. The fourth-order valence-corrected chi connectivity index (χ4v) is 8.29. The first-order valence-electron chi connectivity index (χ1n) is 17.2. The van der Waals surface area contributed by atoms with Gasteiger partial charge in [-0.25, -0.2) is 9.98 Å². The van der Waals surface area contributed by atoms with Crippen LogP contribution in [0.3, 0.4) is 0 Å². The van der Waals surface area contributed by atoms with E-state index in [4.69, 9.17) is 20.2 Å². The molecule has 51 heavy (non-hydrogen) atoms. The van der Waals surface area contributed by atoms with Crippen molar-refractivity contribution in [1.29, 1.82) is 0 Å². The molecular weight excluding hydrogens is 623 g/mol.